The van der Waals surface area contributed by atoms with Crippen LogP contribution in [0, 0.1) is 0 Å². The molecule has 1 aromatic heterocycles. The molecule has 96 valence electrons. The highest BCUT2D eigenvalue weighted by atomic mass is 16.3. The lowest BCUT2D eigenvalue weighted by molar-refractivity contribution is 0.362. The molecule has 5 heteroatoms. The van der Waals surface area contributed by atoms with Crippen LogP contribution in [0.3, 0.4) is 0 Å². The van der Waals surface area contributed by atoms with Gasteiger partial charge in [0.2, 0.25) is 5.75 Å². The summed E-state index contributed by atoms with van der Waals surface area (Å²) in [7, 11) is 0. The van der Waals surface area contributed by atoms with E-state index in [-0.39, 0.29) is 17.5 Å². The molecule has 0 fully saturated rings. The predicted octanol–water partition coefficient (Wildman–Crippen LogP) is 2.25. The Morgan fingerprint density at radius 3 is 2.61 bits per heavy atom. The maximum atomic E-state index is 9.65. The van der Waals surface area contributed by atoms with Gasteiger partial charge >= 0.3 is 0 Å². The molecular weight excluding hydrogens is 234 g/mol. The number of phenols is 3. The fourth-order valence-electron chi connectivity index (χ4n) is 1.65. The van der Waals surface area contributed by atoms with Crippen LogP contribution in [0.15, 0.2) is 34.9 Å². The average Bonchev–Trinajstić information content (AvgIpc) is 2.89. The van der Waals surface area contributed by atoms with Gasteiger partial charge in [0.1, 0.15) is 5.76 Å². The van der Waals surface area contributed by atoms with Crippen LogP contribution in [0.2, 0.25) is 0 Å². The van der Waals surface area contributed by atoms with Gasteiger partial charge in [0.15, 0.2) is 11.5 Å². The maximum Gasteiger partial charge on any atom is 0.200 e. The Morgan fingerprint density at radius 2 is 1.94 bits per heavy atom. The minimum absolute atomic E-state index is 0.0182. The van der Waals surface area contributed by atoms with E-state index in [1.54, 1.807) is 18.4 Å². The molecule has 0 aliphatic rings. The maximum absolute atomic E-state index is 9.65. The van der Waals surface area contributed by atoms with Crippen molar-refractivity contribution in [3.05, 3.63) is 41.9 Å². The minimum Gasteiger partial charge on any atom is -0.504 e. The molecule has 0 spiro atoms. The Bertz CT molecular complexity index is 522. The van der Waals surface area contributed by atoms with Crippen LogP contribution in [0.5, 0.6) is 17.2 Å². The molecule has 0 saturated heterocycles. The van der Waals surface area contributed by atoms with Crippen LogP contribution < -0.4 is 5.32 Å². The van der Waals surface area contributed by atoms with Crippen LogP contribution in [0.4, 0.5) is 0 Å². The van der Waals surface area contributed by atoms with Crippen LogP contribution in [0.25, 0.3) is 0 Å². The molecule has 18 heavy (non-hydrogen) atoms. The van der Waals surface area contributed by atoms with E-state index in [1.807, 2.05) is 13.0 Å². The average molecular weight is 249 g/mol. The van der Waals surface area contributed by atoms with E-state index >= 15 is 0 Å². The summed E-state index contributed by atoms with van der Waals surface area (Å²) >= 11 is 0. The number of rotatable bonds is 4. The molecule has 1 heterocycles. The van der Waals surface area contributed by atoms with Gasteiger partial charge in [-0.25, -0.2) is 0 Å². The number of hydrogen-bond acceptors (Lipinski definition) is 5. The molecule has 0 amide bonds. The Balaban J connectivity index is 2.05. The first-order chi connectivity index (χ1) is 8.59. The molecule has 0 unspecified atom stereocenters. The standard InChI is InChI=1S/C13H15NO4/c1-8(11-3-2-6-18-11)14-7-9-4-5-10(15)13(17)12(9)16/h2-6,8,14-17H,7H2,1H3/t8-/m1/s1. The second-order valence-corrected chi connectivity index (χ2v) is 4.06. The Kier molecular flexibility index (Phi) is 3.43. The lowest BCUT2D eigenvalue weighted by Crippen LogP contribution is -2.17. The zero-order valence-corrected chi connectivity index (χ0v) is 9.92. The monoisotopic (exact) mass is 249 g/mol. The molecule has 0 bridgehead atoms. The smallest absolute Gasteiger partial charge is 0.200 e. The third-order valence-electron chi connectivity index (χ3n) is 2.78. The molecule has 0 aliphatic carbocycles. The van der Waals surface area contributed by atoms with Crippen molar-refractivity contribution in [2.75, 3.05) is 0 Å². The van der Waals surface area contributed by atoms with E-state index < -0.39 is 5.75 Å². The summed E-state index contributed by atoms with van der Waals surface area (Å²) in [6.45, 7) is 2.28. The molecule has 0 aliphatic heterocycles. The van der Waals surface area contributed by atoms with E-state index in [1.165, 1.54) is 6.07 Å². The normalized spacial score (nSPS) is 12.5. The topological polar surface area (TPSA) is 85.9 Å². The molecule has 0 saturated carbocycles. The number of nitrogens with one attached hydrogen (secondary N) is 1. The van der Waals surface area contributed by atoms with Crippen molar-refractivity contribution in [2.24, 2.45) is 0 Å². The van der Waals surface area contributed by atoms with Gasteiger partial charge in [0, 0.05) is 12.1 Å². The highest BCUT2D eigenvalue weighted by Crippen LogP contribution is 2.37. The molecule has 0 radical (unpaired) electrons. The van der Waals surface area contributed by atoms with Gasteiger partial charge < -0.3 is 25.1 Å². The summed E-state index contributed by atoms with van der Waals surface area (Å²) in [5, 5.41) is 31.4. The lowest BCUT2D eigenvalue weighted by atomic mass is 10.1. The Morgan fingerprint density at radius 1 is 1.17 bits per heavy atom. The zero-order chi connectivity index (χ0) is 13.1. The third-order valence-corrected chi connectivity index (χ3v) is 2.78. The van der Waals surface area contributed by atoms with Crippen LogP contribution in [-0.4, -0.2) is 15.3 Å². The fraction of sp³-hybridized carbons (Fsp3) is 0.231. The minimum atomic E-state index is -0.500. The van der Waals surface area contributed by atoms with E-state index in [0.29, 0.717) is 12.1 Å². The first-order valence-corrected chi connectivity index (χ1v) is 5.59. The fourth-order valence-corrected chi connectivity index (χ4v) is 1.65. The summed E-state index contributed by atoms with van der Waals surface area (Å²) in [6.07, 6.45) is 1.59. The van der Waals surface area contributed by atoms with Crippen molar-refractivity contribution in [2.45, 2.75) is 19.5 Å². The quantitative estimate of drug-likeness (QED) is 0.624. The summed E-state index contributed by atoms with van der Waals surface area (Å²) in [4.78, 5) is 0. The van der Waals surface area contributed by atoms with Gasteiger partial charge in [-0.05, 0) is 25.1 Å². The molecule has 2 aromatic rings. The van der Waals surface area contributed by atoms with E-state index in [2.05, 4.69) is 5.32 Å². The van der Waals surface area contributed by atoms with Crippen molar-refractivity contribution < 1.29 is 19.7 Å². The second-order valence-electron chi connectivity index (χ2n) is 4.06. The first kappa shape index (κ1) is 12.3. The van der Waals surface area contributed by atoms with E-state index in [0.717, 1.165) is 5.76 Å². The molecule has 2 rings (SSSR count). The summed E-state index contributed by atoms with van der Waals surface area (Å²) < 4.78 is 5.24. The zero-order valence-electron chi connectivity index (χ0n) is 9.92. The third kappa shape index (κ3) is 2.41. The van der Waals surface area contributed by atoms with E-state index in [9.17, 15) is 15.3 Å². The van der Waals surface area contributed by atoms with Gasteiger partial charge in [-0.3, -0.25) is 0 Å². The highest BCUT2D eigenvalue weighted by molar-refractivity contribution is 5.53. The largest absolute Gasteiger partial charge is 0.504 e. The summed E-state index contributed by atoms with van der Waals surface area (Å²) in [5.41, 5.74) is 0.503. The predicted molar refractivity (Wildman–Crippen MR) is 65.4 cm³/mol. The Hall–Kier alpha value is -2.14. The highest BCUT2D eigenvalue weighted by Gasteiger charge is 2.13. The van der Waals surface area contributed by atoms with Crippen molar-refractivity contribution >= 4 is 0 Å². The molecule has 4 N–H and O–H groups in total. The number of hydrogen-bond donors (Lipinski definition) is 4. The van der Waals surface area contributed by atoms with Crippen molar-refractivity contribution in [3.8, 4) is 17.2 Å². The van der Waals surface area contributed by atoms with Crippen molar-refractivity contribution in [3.63, 3.8) is 0 Å². The molecule has 1 aromatic carbocycles. The lowest BCUT2D eigenvalue weighted by Gasteiger charge is -2.13. The summed E-state index contributed by atoms with van der Waals surface area (Å²) in [5.74, 6) is -0.359. The van der Waals surface area contributed by atoms with Gasteiger partial charge in [-0.2, -0.15) is 0 Å². The van der Waals surface area contributed by atoms with Gasteiger partial charge in [-0.15, -0.1) is 0 Å². The number of phenolic OH excluding ortho intramolecular Hbond substituents is 3. The van der Waals surface area contributed by atoms with Gasteiger partial charge in [-0.1, -0.05) is 6.07 Å². The molecule has 5 nitrogen and oxygen atoms in total. The number of benzene rings is 1. The first-order valence-electron chi connectivity index (χ1n) is 5.59. The van der Waals surface area contributed by atoms with E-state index in [4.69, 9.17) is 4.42 Å². The van der Waals surface area contributed by atoms with Crippen LogP contribution >= 0.6 is 0 Å². The molecular formula is C13H15NO4. The van der Waals surface area contributed by atoms with Crippen molar-refractivity contribution in [1.29, 1.82) is 0 Å². The number of aromatic hydroxyl groups is 3. The second kappa shape index (κ2) is 5.01. The Labute approximate surface area is 104 Å². The summed E-state index contributed by atoms with van der Waals surface area (Å²) in [6, 6.07) is 6.52. The SMILES string of the molecule is C[C@@H](NCc1ccc(O)c(O)c1O)c1ccco1. The van der Waals surface area contributed by atoms with Gasteiger partial charge in [0.25, 0.3) is 0 Å². The van der Waals surface area contributed by atoms with Crippen LogP contribution in [0.1, 0.15) is 24.3 Å². The van der Waals surface area contributed by atoms with Crippen LogP contribution in [-0.2, 0) is 6.54 Å². The molecule has 1 atom stereocenters. The van der Waals surface area contributed by atoms with Gasteiger partial charge in [0.05, 0.1) is 12.3 Å². The number of furan rings is 1. The van der Waals surface area contributed by atoms with Crippen molar-refractivity contribution in [1.82, 2.24) is 5.32 Å².